The Bertz CT molecular complexity index is 878. The molecule has 39 heavy (non-hydrogen) atoms. The van der Waals surface area contributed by atoms with Crippen LogP contribution in [-0.4, -0.2) is 49.7 Å². The van der Waals surface area contributed by atoms with Crippen LogP contribution in [-0.2, 0) is 9.53 Å². The minimum absolute atomic E-state index is 0.0157. The van der Waals surface area contributed by atoms with Gasteiger partial charge in [0, 0.05) is 32.6 Å². The molecule has 0 aromatic heterocycles. The van der Waals surface area contributed by atoms with Crippen molar-refractivity contribution in [1.29, 1.82) is 0 Å². The Kier molecular flexibility index (Phi) is 9.24. The first-order valence-electron chi connectivity index (χ1n) is 17.0. The highest BCUT2D eigenvalue weighted by Crippen LogP contribution is 2.67. The second-order valence-electron chi connectivity index (χ2n) is 15.3. The number of rotatable bonds is 9. The van der Waals surface area contributed by atoms with Crippen molar-refractivity contribution in [2.75, 3.05) is 32.7 Å². The lowest BCUT2D eigenvalue weighted by molar-refractivity contribution is -0.153. The zero-order valence-corrected chi connectivity index (χ0v) is 26.3. The fraction of sp³-hybridized carbons (Fsp3) is 0.914. The molecule has 222 valence electrons. The summed E-state index contributed by atoms with van der Waals surface area (Å²) in [5.74, 6) is 6.06. The number of piperazine rings is 1. The number of hydrogen-bond acceptors (Lipinski definition) is 4. The molecule has 4 fully saturated rings. The van der Waals surface area contributed by atoms with Gasteiger partial charge in [-0.3, -0.25) is 9.69 Å². The van der Waals surface area contributed by atoms with Crippen molar-refractivity contribution in [2.45, 2.75) is 118 Å². The van der Waals surface area contributed by atoms with E-state index in [4.69, 9.17) is 4.74 Å². The molecule has 0 amide bonds. The molecule has 4 nitrogen and oxygen atoms in total. The molecule has 9 atom stereocenters. The number of esters is 1. The maximum atomic E-state index is 12.7. The molecular weight excluding hydrogens is 480 g/mol. The van der Waals surface area contributed by atoms with Gasteiger partial charge in [0.25, 0.3) is 0 Å². The summed E-state index contributed by atoms with van der Waals surface area (Å²) < 4.78 is 6.07. The third-order valence-corrected chi connectivity index (χ3v) is 13.1. The van der Waals surface area contributed by atoms with Crippen molar-refractivity contribution in [3.05, 3.63) is 11.6 Å². The predicted molar refractivity (Wildman–Crippen MR) is 161 cm³/mol. The Morgan fingerprint density at radius 2 is 1.82 bits per heavy atom. The average Bonchev–Trinajstić information content (AvgIpc) is 3.27. The van der Waals surface area contributed by atoms with Crippen molar-refractivity contribution in [2.24, 2.45) is 52.3 Å². The normalized spacial score (nSPS) is 40.3. The smallest absolute Gasteiger partial charge is 0.320 e. The van der Waals surface area contributed by atoms with Crippen molar-refractivity contribution in [1.82, 2.24) is 10.2 Å². The molecule has 5 aliphatic rings. The van der Waals surface area contributed by atoms with Gasteiger partial charge in [0.2, 0.25) is 0 Å². The Morgan fingerprint density at radius 1 is 1.05 bits per heavy atom. The topological polar surface area (TPSA) is 41.6 Å². The molecule has 1 N–H and O–H groups in total. The van der Waals surface area contributed by atoms with E-state index >= 15 is 0 Å². The number of ether oxygens (including phenoxy) is 1. The van der Waals surface area contributed by atoms with Crippen LogP contribution < -0.4 is 5.32 Å². The van der Waals surface area contributed by atoms with Crippen LogP contribution in [0.1, 0.15) is 112 Å². The van der Waals surface area contributed by atoms with Gasteiger partial charge in [0.15, 0.2) is 0 Å². The van der Waals surface area contributed by atoms with Crippen LogP contribution in [0.25, 0.3) is 0 Å². The Morgan fingerprint density at radius 3 is 2.54 bits per heavy atom. The number of carbonyl (C=O) groups is 1. The summed E-state index contributed by atoms with van der Waals surface area (Å²) in [4.78, 5) is 15.0. The zero-order valence-electron chi connectivity index (χ0n) is 26.3. The first kappa shape index (κ1) is 29.6. The molecule has 1 saturated heterocycles. The van der Waals surface area contributed by atoms with Crippen LogP contribution in [0, 0.1) is 52.3 Å². The molecule has 0 radical (unpaired) electrons. The van der Waals surface area contributed by atoms with Gasteiger partial charge in [-0.25, -0.2) is 0 Å². The van der Waals surface area contributed by atoms with Crippen LogP contribution in [0.3, 0.4) is 0 Å². The van der Waals surface area contributed by atoms with Gasteiger partial charge in [-0.1, -0.05) is 66.0 Å². The molecule has 5 rings (SSSR count). The summed E-state index contributed by atoms with van der Waals surface area (Å²) in [6, 6.07) is 0. The van der Waals surface area contributed by atoms with Crippen LogP contribution in [0.2, 0.25) is 0 Å². The van der Waals surface area contributed by atoms with Crippen molar-refractivity contribution < 1.29 is 9.53 Å². The van der Waals surface area contributed by atoms with Gasteiger partial charge >= 0.3 is 5.97 Å². The Labute approximate surface area is 240 Å². The summed E-state index contributed by atoms with van der Waals surface area (Å²) in [7, 11) is 0. The minimum Gasteiger partial charge on any atom is -0.461 e. The van der Waals surface area contributed by atoms with Crippen molar-refractivity contribution in [3.8, 4) is 0 Å². The van der Waals surface area contributed by atoms with Gasteiger partial charge in [0.05, 0.1) is 6.54 Å². The lowest BCUT2D eigenvalue weighted by Gasteiger charge is -2.58. The van der Waals surface area contributed by atoms with Gasteiger partial charge in [0.1, 0.15) is 6.10 Å². The molecule has 9 unspecified atom stereocenters. The maximum absolute atomic E-state index is 12.7. The fourth-order valence-corrected chi connectivity index (χ4v) is 10.7. The second kappa shape index (κ2) is 12.2. The van der Waals surface area contributed by atoms with E-state index in [0.717, 1.165) is 80.4 Å². The Hall–Kier alpha value is -0.870. The number of carbonyl (C=O) groups excluding carboxylic acids is 1. The molecule has 0 aromatic carbocycles. The molecule has 4 heteroatoms. The molecule has 3 saturated carbocycles. The van der Waals surface area contributed by atoms with Crippen LogP contribution in [0.15, 0.2) is 11.6 Å². The number of nitrogens with one attached hydrogen (secondary N) is 1. The van der Waals surface area contributed by atoms with E-state index in [0.29, 0.717) is 17.4 Å². The van der Waals surface area contributed by atoms with E-state index in [2.05, 4.69) is 57.8 Å². The van der Waals surface area contributed by atoms with Gasteiger partial charge < -0.3 is 10.1 Å². The monoisotopic (exact) mass is 540 g/mol. The lowest BCUT2D eigenvalue weighted by Crippen LogP contribution is -2.51. The number of hydrogen-bond donors (Lipinski definition) is 1. The molecule has 1 aliphatic heterocycles. The standard InChI is InChI=1S/C35H60N2O2/c1-7-26(24(2)3)9-8-25(4)30-12-13-31-29-11-10-27-22-28(39-33(38)23-37-20-18-36-19-21-37)14-16-34(27,5)32(29)15-17-35(30,31)6/h10,24-26,28-32,36H,7-9,11-23H2,1-6H3. The van der Waals surface area contributed by atoms with Crippen LogP contribution >= 0.6 is 0 Å². The SMILES string of the molecule is CCC(CCC(C)C1CCC2C3CC=C4CC(OC(=O)CN5CCNCC5)CCC4(C)C3CCC12C)C(C)C. The number of nitrogens with zero attached hydrogens (tertiary/aromatic N) is 1. The first-order valence-corrected chi connectivity index (χ1v) is 17.0. The molecule has 1 heterocycles. The minimum atomic E-state index is -0.0157. The second-order valence-corrected chi connectivity index (χ2v) is 15.3. The van der Waals surface area contributed by atoms with Gasteiger partial charge in [-0.15, -0.1) is 0 Å². The van der Waals surface area contributed by atoms with Crippen molar-refractivity contribution in [3.63, 3.8) is 0 Å². The molecule has 0 aromatic rings. The highest BCUT2D eigenvalue weighted by molar-refractivity contribution is 5.72. The number of fused-ring (bicyclic) bond motifs is 5. The molecular formula is C35H60N2O2. The third kappa shape index (κ3) is 5.90. The van der Waals surface area contributed by atoms with Crippen LogP contribution in [0.5, 0.6) is 0 Å². The summed E-state index contributed by atoms with van der Waals surface area (Å²) in [6.45, 7) is 19.4. The zero-order chi connectivity index (χ0) is 27.8. The van der Waals surface area contributed by atoms with Gasteiger partial charge in [-0.2, -0.15) is 0 Å². The van der Waals surface area contributed by atoms with E-state index in [1.165, 1.54) is 57.8 Å². The van der Waals surface area contributed by atoms with E-state index in [1.54, 1.807) is 5.57 Å². The molecule has 4 aliphatic carbocycles. The van der Waals surface area contributed by atoms with E-state index in [-0.39, 0.29) is 12.1 Å². The summed E-state index contributed by atoms with van der Waals surface area (Å²) in [5.41, 5.74) is 2.49. The fourth-order valence-electron chi connectivity index (χ4n) is 10.7. The number of allylic oxidation sites excluding steroid dienone is 1. The highest BCUT2D eigenvalue weighted by atomic mass is 16.5. The third-order valence-electron chi connectivity index (χ3n) is 13.1. The first-order chi connectivity index (χ1) is 18.7. The average molecular weight is 541 g/mol. The van der Waals surface area contributed by atoms with Crippen molar-refractivity contribution >= 4 is 5.97 Å². The highest BCUT2D eigenvalue weighted by Gasteiger charge is 2.59. The molecule has 0 bridgehead atoms. The van der Waals surface area contributed by atoms with Crippen LogP contribution in [0.4, 0.5) is 0 Å². The summed E-state index contributed by atoms with van der Waals surface area (Å²) in [6.07, 6.45) is 17.1. The van der Waals surface area contributed by atoms with Gasteiger partial charge in [-0.05, 0) is 104 Å². The van der Waals surface area contributed by atoms with E-state index in [9.17, 15) is 4.79 Å². The van der Waals surface area contributed by atoms with E-state index in [1.807, 2.05) is 0 Å². The quantitative estimate of drug-likeness (QED) is 0.243. The largest absolute Gasteiger partial charge is 0.461 e. The summed E-state index contributed by atoms with van der Waals surface area (Å²) in [5, 5.41) is 3.37. The predicted octanol–water partition coefficient (Wildman–Crippen LogP) is 7.48. The Balaban J connectivity index is 1.20. The van der Waals surface area contributed by atoms with E-state index < -0.39 is 0 Å². The molecule has 0 spiro atoms. The lowest BCUT2D eigenvalue weighted by atomic mass is 9.47. The summed E-state index contributed by atoms with van der Waals surface area (Å²) >= 11 is 0. The maximum Gasteiger partial charge on any atom is 0.320 e.